The zero-order chi connectivity index (χ0) is 10.5. The number of hydrogen-bond donors (Lipinski definition) is 1. The fraction of sp³-hybridized carbons (Fsp3) is 0.800. The van der Waals surface area contributed by atoms with E-state index >= 15 is 0 Å². The SMILES string of the molecule is OCCCCCN1CCn2cnnc2C1. The lowest BCUT2D eigenvalue weighted by Crippen LogP contribution is -2.34. The van der Waals surface area contributed by atoms with E-state index in [1.807, 2.05) is 0 Å². The summed E-state index contributed by atoms with van der Waals surface area (Å²) in [5, 5.41) is 16.7. The van der Waals surface area contributed by atoms with Crippen LogP contribution < -0.4 is 0 Å². The molecular weight excluding hydrogens is 192 g/mol. The molecule has 0 saturated carbocycles. The lowest BCUT2D eigenvalue weighted by molar-refractivity contribution is 0.208. The Balaban J connectivity index is 1.73. The van der Waals surface area contributed by atoms with E-state index in [0.717, 1.165) is 51.3 Å². The number of aromatic nitrogens is 3. The van der Waals surface area contributed by atoms with Gasteiger partial charge in [0.2, 0.25) is 0 Å². The van der Waals surface area contributed by atoms with Crippen molar-refractivity contribution in [3.8, 4) is 0 Å². The molecule has 84 valence electrons. The van der Waals surface area contributed by atoms with Crippen LogP contribution in [0.4, 0.5) is 0 Å². The molecule has 1 N–H and O–H groups in total. The molecule has 1 aromatic heterocycles. The van der Waals surface area contributed by atoms with Gasteiger partial charge in [0.15, 0.2) is 0 Å². The van der Waals surface area contributed by atoms with E-state index in [1.165, 1.54) is 0 Å². The first kappa shape index (κ1) is 10.6. The maximum absolute atomic E-state index is 8.67. The fourth-order valence-electron chi connectivity index (χ4n) is 1.93. The van der Waals surface area contributed by atoms with Crippen LogP contribution in [0.1, 0.15) is 25.1 Å². The van der Waals surface area contributed by atoms with Crippen molar-refractivity contribution in [2.24, 2.45) is 0 Å². The second kappa shape index (κ2) is 5.23. The van der Waals surface area contributed by atoms with Gasteiger partial charge in [0.05, 0.1) is 6.54 Å². The lowest BCUT2D eigenvalue weighted by Gasteiger charge is -2.26. The molecule has 0 aromatic carbocycles. The molecule has 0 saturated heterocycles. The Morgan fingerprint density at radius 3 is 3.07 bits per heavy atom. The van der Waals surface area contributed by atoms with Crippen LogP contribution in [0, 0.1) is 0 Å². The van der Waals surface area contributed by atoms with Gasteiger partial charge in [-0.15, -0.1) is 10.2 Å². The molecule has 0 unspecified atom stereocenters. The van der Waals surface area contributed by atoms with Gasteiger partial charge >= 0.3 is 0 Å². The van der Waals surface area contributed by atoms with Gasteiger partial charge in [-0.1, -0.05) is 0 Å². The van der Waals surface area contributed by atoms with E-state index in [9.17, 15) is 0 Å². The van der Waals surface area contributed by atoms with Crippen molar-refractivity contribution in [1.82, 2.24) is 19.7 Å². The average molecular weight is 210 g/mol. The molecule has 0 atom stereocenters. The first-order chi connectivity index (χ1) is 7.40. The summed E-state index contributed by atoms with van der Waals surface area (Å²) in [5.74, 6) is 1.07. The molecule has 0 spiro atoms. The van der Waals surface area contributed by atoms with E-state index in [0.29, 0.717) is 6.61 Å². The molecule has 5 nitrogen and oxygen atoms in total. The molecule has 0 fully saturated rings. The van der Waals surface area contributed by atoms with E-state index in [2.05, 4.69) is 19.7 Å². The van der Waals surface area contributed by atoms with Gasteiger partial charge in [-0.05, 0) is 25.8 Å². The van der Waals surface area contributed by atoms with Gasteiger partial charge in [0, 0.05) is 19.7 Å². The van der Waals surface area contributed by atoms with E-state index in [-0.39, 0.29) is 0 Å². The highest BCUT2D eigenvalue weighted by Gasteiger charge is 2.16. The molecule has 0 radical (unpaired) electrons. The number of hydrogen-bond acceptors (Lipinski definition) is 4. The third-order valence-corrected chi connectivity index (χ3v) is 2.85. The molecular formula is C10H18N4O. The van der Waals surface area contributed by atoms with Gasteiger partial charge < -0.3 is 9.67 Å². The number of aliphatic hydroxyl groups is 1. The van der Waals surface area contributed by atoms with Crippen LogP contribution in [-0.2, 0) is 13.1 Å². The second-order valence-corrected chi connectivity index (χ2v) is 4.00. The highest BCUT2D eigenvalue weighted by atomic mass is 16.2. The molecule has 0 aliphatic carbocycles. The smallest absolute Gasteiger partial charge is 0.147 e. The molecule has 2 rings (SSSR count). The number of nitrogens with zero attached hydrogens (tertiary/aromatic N) is 4. The fourth-order valence-corrected chi connectivity index (χ4v) is 1.93. The van der Waals surface area contributed by atoms with Crippen molar-refractivity contribution in [3.63, 3.8) is 0 Å². The van der Waals surface area contributed by atoms with Gasteiger partial charge in [-0.25, -0.2) is 0 Å². The Morgan fingerprint density at radius 1 is 1.27 bits per heavy atom. The van der Waals surface area contributed by atoms with E-state index in [1.54, 1.807) is 6.33 Å². The lowest BCUT2D eigenvalue weighted by atomic mass is 10.2. The van der Waals surface area contributed by atoms with Crippen molar-refractivity contribution in [3.05, 3.63) is 12.2 Å². The Labute approximate surface area is 89.7 Å². The zero-order valence-corrected chi connectivity index (χ0v) is 8.97. The Bertz CT molecular complexity index is 299. The van der Waals surface area contributed by atoms with Gasteiger partial charge in [0.1, 0.15) is 12.2 Å². The molecule has 1 aliphatic rings. The molecule has 0 amide bonds. The van der Waals surface area contributed by atoms with Crippen molar-refractivity contribution in [2.45, 2.75) is 32.4 Å². The van der Waals surface area contributed by atoms with Crippen LogP contribution in [0.2, 0.25) is 0 Å². The predicted octanol–water partition coefficient (Wildman–Crippen LogP) is 0.256. The summed E-state index contributed by atoms with van der Waals surface area (Å²) in [7, 11) is 0. The van der Waals surface area contributed by atoms with Crippen molar-refractivity contribution in [1.29, 1.82) is 0 Å². The van der Waals surface area contributed by atoms with Gasteiger partial charge in [-0.2, -0.15) is 0 Å². The van der Waals surface area contributed by atoms with Crippen molar-refractivity contribution >= 4 is 0 Å². The third-order valence-electron chi connectivity index (χ3n) is 2.85. The molecule has 2 heterocycles. The number of fused-ring (bicyclic) bond motifs is 1. The Kier molecular flexibility index (Phi) is 3.69. The standard InChI is InChI=1S/C10H18N4O/c15-7-3-1-2-4-13-5-6-14-9-11-12-10(14)8-13/h9,15H,1-8H2. The highest BCUT2D eigenvalue weighted by molar-refractivity contribution is 4.89. The monoisotopic (exact) mass is 210 g/mol. The van der Waals surface area contributed by atoms with E-state index < -0.39 is 0 Å². The largest absolute Gasteiger partial charge is 0.396 e. The topological polar surface area (TPSA) is 54.2 Å². The Hall–Kier alpha value is -0.940. The summed E-state index contributed by atoms with van der Waals surface area (Å²) in [6.45, 7) is 4.42. The summed E-state index contributed by atoms with van der Waals surface area (Å²) in [4.78, 5) is 2.40. The third kappa shape index (κ3) is 2.76. The van der Waals surface area contributed by atoms with E-state index in [4.69, 9.17) is 5.11 Å². The molecule has 0 bridgehead atoms. The minimum Gasteiger partial charge on any atom is -0.396 e. The van der Waals surface area contributed by atoms with Crippen LogP contribution in [-0.4, -0.2) is 44.5 Å². The first-order valence-corrected chi connectivity index (χ1v) is 5.60. The van der Waals surface area contributed by atoms with Crippen LogP contribution in [0.3, 0.4) is 0 Å². The molecule has 1 aliphatic heterocycles. The normalized spacial score (nSPS) is 16.6. The minimum atomic E-state index is 0.314. The van der Waals surface area contributed by atoms with Gasteiger partial charge in [0.25, 0.3) is 0 Å². The summed E-state index contributed by atoms with van der Waals surface area (Å²) in [5.41, 5.74) is 0. The van der Waals surface area contributed by atoms with Crippen LogP contribution in [0.25, 0.3) is 0 Å². The number of unbranched alkanes of at least 4 members (excludes halogenated alkanes) is 2. The molecule has 1 aromatic rings. The summed E-state index contributed by atoms with van der Waals surface area (Å²) in [6.07, 6.45) is 5.00. The van der Waals surface area contributed by atoms with Crippen molar-refractivity contribution in [2.75, 3.05) is 19.7 Å². The average Bonchev–Trinajstić information content (AvgIpc) is 2.71. The summed E-state index contributed by atoms with van der Waals surface area (Å²) in [6, 6.07) is 0. The van der Waals surface area contributed by atoms with Crippen LogP contribution >= 0.6 is 0 Å². The quantitative estimate of drug-likeness (QED) is 0.708. The predicted molar refractivity (Wildman–Crippen MR) is 56.2 cm³/mol. The maximum atomic E-state index is 8.67. The minimum absolute atomic E-state index is 0.314. The Morgan fingerprint density at radius 2 is 2.20 bits per heavy atom. The zero-order valence-electron chi connectivity index (χ0n) is 8.97. The van der Waals surface area contributed by atoms with Crippen LogP contribution in [0.15, 0.2) is 6.33 Å². The second-order valence-electron chi connectivity index (χ2n) is 4.00. The first-order valence-electron chi connectivity index (χ1n) is 5.60. The number of rotatable bonds is 5. The highest BCUT2D eigenvalue weighted by Crippen LogP contribution is 2.09. The van der Waals surface area contributed by atoms with Crippen molar-refractivity contribution < 1.29 is 5.11 Å². The maximum Gasteiger partial charge on any atom is 0.147 e. The molecule has 5 heteroatoms. The van der Waals surface area contributed by atoms with Gasteiger partial charge in [-0.3, -0.25) is 4.90 Å². The van der Waals surface area contributed by atoms with Crippen LogP contribution in [0.5, 0.6) is 0 Å². The molecule has 15 heavy (non-hydrogen) atoms. The summed E-state index contributed by atoms with van der Waals surface area (Å²) >= 11 is 0. The summed E-state index contributed by atoms with van der Waals surface area (Å²) < 4.78 is 2.12. The number of aliphatic hydroxyl groups excluding tert-OH is 1.